The molecule has 3 rings (SSSR count). The Hall–Kier alpha value is -2.17. The number of carbonyl (C=O) groups excluding carboxylic acids is 1. The smallest absolute Gasteiger partial charge is 0.228 e. The van der Waals surface area contributed by atoms with Crippen LogP contribution in [0.3, 0.4) is 0 Å². The largest absolute Gasteiger partial charge is 0.443 e. The number of rotatable bonds is 3. The van der Waals surface area contributed by atoms with Crippen molar-refractivity contribution in [2.24, 2.45) is 5.41 Å². The average molecular weight is 330 g/mol. The maximum atomic E-state index is 13.8. The molecule has 2 aromatic rings. The van der Waals surface area contributed by atoms with Gasteiger partial charge in [0.15, 0.2) is 0 Å². The molecule has 0 saturated carbocycles. The van der Waals surface area contributed by atoms with Crippen LogP contribution in [-0.4, -0.2) is 22.3 Å². The predicted octanol–water partition coefficient (Wildman–Crippen LogP) is 4.11. The topological polar surface area (TPSA) is 46.3 Å². The molecule has 0 unspecified atom stereocenters. The number of oxazole rings is 1. The Labute approximate surface area is 141 Å². The van der Waals surface area contributed by atoms with Crippen LogP contribution in [0.5, 0.6) is 0 Å². The fraction of sp³-hybridized carbons (Fsp3) is 0.474. The lowest BCUT2D eigenvalue weighted by molar-refractivity contribution is -0.140. The lowest BCUT2D eigenvalue weighted by atomic mass is 9.94. The van der Waals surface area contributed by atoms with Crippen molar-refractivity contribution in [3.63, 3.8) is 0 Å². The van der Waals surface area contributed by atoms with Crippen molar-refractivity contribution in [2.75, 3.05) is 6.54 Å². The van der Waals surface area contributed by atoms with E-state index in [0.29, 0.717) is 23.6 Å². The van der Waals surface area contributed by atoms with E-state index in [9.17, 15) is 9.18 Å². The third-order valence-electron chi connectivity index (χ3n) is 4.33. The standard InChI is InChI=1S/C19H23FN2O2/c1-19(2,3)18(23)22-10-6-9-16(22)17-21-12-14(24-17)11-13-7-4-5-8-15(13)20/h4-5,7-8,12,16H,6,9-11H2,1-3H3/t16-/m0/s1. The van der Waals surface area contributed by atoms with Crippen molar-refractivity contribution < 1.29 is 13.6 Å². The summed E-state index contributed by atoms with van der Waals surface area (Å²) < 4.78 is 19.6. The molecule has 0 radical (unpaired) electrons. The molecule has 1 aliphatic heterocycles. The average Bonchev–Trinajstić information content (AvgIpc) is 3.16. The Morgan fingerprint density at radius 2 is 2.12 bits per heavy atom. The monoisotopic (exact) mass is 330 g/mol. The van der Waals surface area contributed by atoms with Gasteiger partial charge < -0.3 is 9.32 Å². The van der Waals surface area contributed by atoms with E-state index < -0.39 is 5.41 Å². The maximum Gasteiger partial charge on any atom is 0.228 e. The quantitative estimate of drug-likeness (QED) is 0.850. The van der Waals surface area contributed by atoms with E-state index in [2.05, 4.69) is 4.98 Å². The number of likely N-dealkylation sites (tertiary alicyclic amines) is 1. The summed E-state index contributed by atoms with van der Waals surface area (Å²) in [6.45, 7) is 6.49. The van der Waals surface area contributed by atoms with Crippen LogP contribution in [0, 0.1) is 11.2 Å². The number of aromatic nitrogens is 1. The summed E-state index contributed by atoms with van der Waals surface area (Å²) in [5.41, 5.74) is 0.153. The molecular weight excluding hydrogens is 307 g/mol. The lowest BCUT2D eigenvalue weighted by Gasteiger charge is -2.29. The first kappa shape index (κ1) is 16.7. The van der Waals surface area contributed by atoms with Gasteiger partial charge in [-0.2, -0.15) is 0 Å². The highest BCUT2D eigenvalue weighted by Gasteiger charge is 2.37. The lowest BCUT2D eigenvalue weighted by Crippen LogP contribution is -2.39. The Morgan fingerprint density at radius 3 is 2.83 bits per heavy atom. The SMILES string of the molecule is CC(C)(C)C(=O)N1CCC[C@H]1c1ncc(Cc2ccccc2F)o1. The van der Waals surface area contributed by atoms with Gasteiger partial charge in [0, 0.05) is 18.4 Å². The molecule has 1 aromatic heterocycles. The Morgan fingerprint density at radius 1 is 1.38 bits per heavy atom. The van der Waals surface area contributed by atoms with Crippen LogP contribution in [0.1, 0.15) is 56.9 Å². The summed E-state index contributed by atoms with van der Waals surface area (Å²) in [7, 11) is 0. The Kier molecular flexibility index (Phi) is 4.43. The number of hydrogen-bond donors (Lipinski definition) is 0. The highest BCUT2D eigenvalue weighted by molar-refractivity contribution is 5.82. The van der Waals surface area contributed by atoms with Crippen LogP contribution < -0.4 is 0 Å². The Balaban J connectivity index is 1.77. The number of amides is 1. The fourth-order valence-corrected chi connectivity index (χ4v) is 3.09. The minimum Gasteiger partial charge on any atom is -0.443 e. The van der Waals surface area contributed by atoms with Crippen molar-refractivity contribution in [2.45, 2.75) is 46.1 Å². The minimum atomic E-state index is -0.425. The van der Waals surface area contributed by atoms with E-state index in [4.69, 9.17) is 4.42 Å². The number of benzene rings is 1. The summed E-state index contributed by atoms with van der Waals surface area (Å²) >= 11 is 0. The molecule has 1 aliphatic rings. The molecule has 1 fully saturated rings. The molecule has 2 heterocycles. The van der Waals surface area contributed by atoms with Gasteiger partial charge in [0.1, 0.15) is 17.6 Å². The molecule has 1 aromatic carbocycles. The number of nitrogens with zero attached hydrogens (tertiary/aromatic N) is 2. The van der Waals surface area contributed by atoms with Gasteiger partial charge in [-0.15, -0.1) is 0 Å². The summed E-state index contributed by atoms with van der Waals surface area (Å²) in [6.07, 6.45) is 3.79. The third kappa shape index (κ3) is 3.35. The first-order valence-electron chi connectivity index (χ1n) is 8.35. The van der Waals surface area contributed by atoms with Gasteiger partial charge >= 0.3 is 0 Å². The van der Waals surface area contributed by atoms with Gasteiger partial charge in [-0.1, -0.05) is 39.0 Å². The van der Waals surface area contributed by atoms with Gasteiger partial charge in [-0.25, -0.2) is 9.37 Å². The molecule has 24 heavy (non-hydrogen) atoms. The zero-order valence-corrected chi connectivity index (χ0v) is 14.4. The normalized spacial score (nSPS) is 18.2. The second-order valence-corrected chi connectivity index (χ2v) is 7.34. The molecule has 1 amide bonds. The molecule has 0 bridgehead atoms. The molecular formula is C19H23FN2O2. The zero-order valence-electron chi connectivity index (χ0n) is 14.4. The maximum absolute atomic E-state index is 13.8. The summed E-state index contributed by atoms with van der Waals surface area (Å²) in [5, 5.41) is 0. The van der Waals surface area contributed by atoms with Crippen molar-refractivity contribution in [1.29, 1.82) is 0 Å². The Bertz CT molecular complexity index is 733. The summed E-state index contributed by atoms with van der Waals surface area (Å²) in [4.78, 5) is 18.8. The van der Waals surface area contributed by atoms with Crippen molar-refractivity contribution in [1.82, 2.24) is 9.88 Å². The fourth-order valence-electron chi connectivity index (χ4n) is 3.09. The summed E-state index contributed by atoms with van der Waals surface area (Å²) in [6, 6.07) is 6.52. The van der Waals surface area contributed by atoms with Crippen molar-refractivity contribution >= 4 is 5.91 Å². The van der Waals surface area contributed by atoms with Gasteiger partial charge in [0.25, 0.3) is 0 Å². The van der Waals surface area contributed by atoms with E-state index in [1.807, 2.05) is 25.7 Å². The molecule has 1 atom stereocenters. The summed E-state index contributed by atoms with van der Waals surface area (Å²) in [5.74, 6) is 1.03. The molecule has 0 N–H and O–H groups in total. The third-order valence-corrected chi connectivity index (χ3v) is 4.33. The van der Waals surface area contributed by atoms with E-state index in [1.165, 1.54) is 6.07 Å². The second kappa shape index (κ2) is 6.38. The van der Waals surface area contributed by atoms with Gasteiger partial charge in [0.05, 0.1) is 6.20 Å². The molecule has 4 nitrogen and oxygen atoms in total. The highest BCUT2D eigenvalue weighted by atomic mass is 19.1. The number of hydrogen-bond acceptors (Lipinski definition) is 3. The van der Waals surface area contributed by atoms with Gasteiger partial charge in [0.2, 0.25) is 11.8 Å². The second-order valence-electron chi connectivity index (χ2n) is 7.34. The van der Waals surface area contributed by atoms with E-state index in [-0.39, 0.29) is 17.8 Å². The first-order valence-corrected chi connectivity index (χ1v) is 8.35. The van der Waals surface area contributed by atoms with Crippen LogP contribution >= 0.6 is 0 Å². The molecule has 128 valence electrons. The number of carbonyl (C=O) groups is 1. The van der Waals surface area contributed by atoms with E-state index in [0.717, 1.165) is 19.4 Å². The van der Waals surface area contributed by atoms with E-state index >= 15 is 0 Å². The highest BCUT2D eigenvalue weighted by Crippen LogP contribution is 2.35. The van der Waals surface area contributed by atoms with Gasteiger partial charge in [-0.3, -0.25) is 4.79 Å². The predicted molar refractivity (Wildman–Crippen MR) is 88.9 cm³/mol. The van der Waals surface area contributed by atoms with Crippen molar-refractivity contribution in [3.8, 4) is 0 Å². The zero-order chi connectivity index (χ0) is 17.3. The van der Waals surface area contributed by atoms with E-state index in [1.54, 1.807) is 24.4 Å². The molecule has 0 aliphatic carbocycles. The molecule has 0 spiro atoms. The van der Waals surface area contributed by atoms with Crippen LogP contribution in [0.25, 0.3) is 0 Å². The van der Waals surface area contributed by atoms with Crippen LogP contribution in [0.15, 0.2) is 34.9 Å². The minimum absolute atomic E-state index is 0.110. The molecule has 1 saturated heterocycles. The molecule has 5 heteroatoms. The number of halogens is 1. The first-order chi connectivity index (χ1) is 11.4. The van der Waals surface area contributed by atoms with Crippen LogP contribution in [0.2, 0.25) is 0 Å². The van der Waals surface area contributed by atoms with Gasteiger partial charge in [-0.05, 0) is 24.5 Å². The van der Waals surface area contributed by atoms with Crippen LogP contribution in [-0.2, 0) is 11.2 Å². The van der Waals surface area contributed by atoms with Crippen molar-refractivity contribution in [3.05, 3.63) is 53.5 Å². The van der Waals surface area contributed by atoms with Crippen LogP contribution in [0.4, 0.5) is 4.39 Å².